The van der Waals surface area contributed by atoms with Crippen LogP contribution in [-0.2, 0) is 22.6 Å². The lowest BCUT2D eigenvalue weighted by molar-refractivity contribution is -0.129. The number of aryl methyl sites for hydroxylation is 2. The number of hydrogen-bond acceptors (Lipinski definition) is 4. The molecule has 1 aromatic heterocycles. The molecule has 0 bridgehead atoms. The zero-order valence-corrected chi connectivity index (χ0v) is 13.5. The van der Waals surface area contributed by atoms with Crippen molar-refractivity contribution in [3.05, 3.63) is 11.6 Å². The second-order valence-corrected chi connectivity index (χ2v) is 7.16. The van der Waals surface area contributed by atoms with Crippen LogP contribution in [0.15, 0.2) is 0 Å². The van der Waals surface area contributed by atoms with E-state index in [1.165, 1.54) is 12.8 Å². The van der Waals surface area contributed by atoms with Gasteiger partial charge >= 0.3 is 0 Å². The predicted octanol–water partition coefficient (Wildman–Crippen LogP) is 0.276. The highest BCUT2D eigenvalue weighted by Crippen LogP contribution is 2.32. The number of nitrogens with one attached hydrogen (secondary N) is 1. The summed E-state index contributed by atoms with van der Waals surface area (Å²) in [5.74, 6) is 2.54. The van der Waals surface area contributed by atoms with Gasteiger partial charge in [-0.25, -0.2) is 0 Å². The second kappa shape index (κ2) is 5.62. The molecule has 0 radical (unpaired) electrons. The third-order valence-corrected chi connectivity index (χ3v) is 5.24. The second-order valence-electron chi connectivity index (χ2n) is 7.16. The molecule has 0 spiro atoms. The van der Waals surface area contributed by atoms with Gasteiger partial charge in [-0.05, 0) is 32.1 Å². The van der Waals surface area contributed by atoms with Crippen molar-refractivity contribution in [2.75, 3.05) is 13.1 Å². The SMILES string of the molecule is Cc1nnc2n1C[C@H](NC(=O)[C@@H]1CC(=O)N(CC3CC3)C1)CC2. The number of likely N-dealkylation sites (tertiary alicyclic amines) is 1. The van der Waals surface area contributed by atoms with Crippen LogP contribution in [0.2, 0.25) is 0 Å². The van der Waals surface area contributed by atoms with Gasteiger partial charge in [0.15, 0.2) is 0 Å². The van der Waals surface area contributed by atoms with Crippen LogP contribution in [0, 0.1) is 18.8 Å². The lowest BCUT2D eigenvalue weighted by Gasteiger charge is -2.26. The summed E-state index contributed by atoms with van der Waals surface area (Å²) >= 11 is 0. The molecule has 124 valence electrons. The highest BCUT2D eigenvalue weighted by Gasteiger charge is 2.37. The van der Waals surface area contributed by atoms with Crippen LogP contribution in [0.1, 0.15) is 37.3 Å². The summed E-state index contributed by atoms with van der Waals surface area (Å²) < 4.78 is 2.08. The van der Waals surface area contributed by atoms with E-state index in [1.807, 2.05) is 11.8 Å². The Morgan fingerprint density at radius 1 is 1.26 bits per heavy atom. The van der Waals surface area contributed by atoms with Crippen LogP contribution in [0.4, 0.5) is 0 Å². The summed E-state index contributed by atoms with van der Waals surface area (Å²) in [7, 11) is 0. The largest absolute Gasteiger partial charge is 0.351 e. The van der Waals surface area contributed by atoms with Crippen molar-refractivity contribution in [1.29, 1.82) is 0 Å². The highest BCUT2D eigenvalue weighted by atomic mass is 16.2. The first-order chi connectivity index (χ1) is 11.1. The molecule has 1 saturated heterocycles. The molecule has 23 heavy (non-hydrogen) atoms. The van der Waals surface area contributed by atoms with Gasteiger partial charge in [-0.1, -0.05) is 0 Å². The van der Waals surface area contributed by atoms with E-state index in [9.17, 15) is 9.59 Å². The molecule has 1 aromatic rings. The molecule has 3 aliphatic rings. The minimum absolute atomic E-state index is 0.0239. The number of carbonyl (C=O) groups is 2. The number of rotatable bonds is 4. The molecule has 3 heterocycles. The number of fused-ring (bicyclic) bond motifs is 1. The molecule has 1 N–H and O–H groups in total. The first-order valence-corrected chi connectivity index (χ1v) is 8.57. The van der Waals surface area contributed by atoms with Gasteiger partial charge in [0.25, 0.3) is 0 Å². The molecule has 2 atom stereocenters. The number of aromatic nitrogens is 3. The lowest BCUT2D eigenvalue weighted by atomic mass is 10.0. The molecular weight excluding hydrogens is 294 g/mol. The Labute approximate surface area is 135 Å². The minimum Gasteiger partial charge on any atom is -0.351 e. The van der Waals surface area contributed by atoms with E-state index in [0.29, 0.717) is 18.9 Å². The quantitative estimate of drug-likeness (QED) is 0.865. The Kier molecular flexibility index (Phi) is 3.58. The van der Waals surface area contributed by atoms with Gasteiger partial charge in [0.05, 0.1) is 5.92 Å². The number of nitrogens with zero attached hydrogens (tertiary/aromatic N) is 4. The van der Waals surface area contributed by atoms with E-state index in [0.717, 1.165) is 37.6 Å². The van der Waals surface area contributed by atoms with E-state index >= 15 is 0 Å². The normalized spacial score (nSPS) is 27.2. The van der Waals surface area contributed by atoms with E-state index < -0.39 is 0 Å². The summed E-state index contributed by atoms with van der Waals surface area (Å²) in [6.45, 7) is 4.10. The topological polar surface area (TPSA) is 80.1 Å². The van der Waals surface area contributed by atoms with Gasteiger partial charge in [0.1, 0.15) is 11.6 Å². The molecule has 1 saturated carbocycles. The van der Waals surface area contributed by atoms with Crippen molar-refractivity contribution >= 4 is 11.8 Å². The number of amides is 2. The molecule has 1 aliphatic carbocycles. The molecule has 2 aliphatic heterocycles. The first kappa shape index (κ1) is 14.7. The predicted molar refractivity (Wildman–Crippen MR) is 82.4 cm³/mol. The van der Waals surface area contributed by atoms with Gasteiger partial charge in [0.2, 0.25) is 11.8 Å². The maximum absolute atomic E-state index is 12.5. The van der Waals surface area contributed by atoms with Crippen molar-refractivity contribution in [3.63, 3.8) is 0 Å². The van der Waals surface area contributed by atoms with Crippen molar-refractivity contribution in [2.45, 2.75) is 51.6 Å². The van der Waals surface area contributed by atoms with Crippen LogP contribution in [0.5, 0.6) is 0 Å². The zero-order valence-electron chi connectivity index (χ0n) is 13.5. The summed E-state index contributed by atoms with van der Waals surface area (Å²) in [5.41, 5.74) is 0. The molecule has 0 unspecified atom stereocenters. The fourth-order valence-electron chi connectivity index (χ4n) is 3.64. The Hall–Kier alpha value is -1.92. The van der Waals surface area contributed by atoms with Gasteiger partial charge in [0, 0.05) is 38.5 Å². The summed E-state index contributed by atoms with van der Waals surface area (Å²) in [4.78, 5) is 26.4. The average molecular weight is 317 g/mol. The van der Waals surface area contributed by atoms with Crippen LogP contribution in [0.3, 0.4) is 0 Å². The Bertz CT molecular complexity index is 636. The van der Waals surface area contributed by atoms with Gasteiger partial charge in [-0.3, -0.25) is 9.59 Å². The maximum Gasteiger partial charge on any atom is 0.225 e. The summed E-state index contributed by atoms with van der Waals surface area (Å²) in [5, 5.41) is 11.4. The monoisotopic (exact) mass is 317 g/mol. The molecule has 0 aromatic carbocycles. The molecule has 2 amide bonds. The van der Waals surface area contributed by atoms with E-state index in [1.54, 1.807) is 0 Å². The summed E-state index contributed by atoms with van der Waals surface area (Å²) in [6, 6.07) is 0.109. The highest BCUT2D eigenvalue weighted by molar-refractivity contribution is 5.89. The third-order valence-electron chi connectivity index (χ3n) is 5.24. The van der Waals surface area contributed by atoms with Gasteiger partial charge < -0.3 is 14.8 Å². The van der Waals surface area contributed by atoms with E-state index in [2.05, 4.69) is 20.1 Å². The molecule has 7 heteroatoms. The van der Waals surface area contributed by atoms with Crippen LogP contribution < -0.4 is 5.32 Å². The zero-order chi connectivity index (χ0) is 16.0. The molecule has 2 fully saturated rings. The Balaban J connectivity index is 1.33. The van der Waals surface area contributed by atoms with Gasteiger partial charge in [-0.15, -0.1) is 10.2 Å². The van der Waals surface area contributed by atoms with Crippen LogP contribution in [0.25, 0.3) is 0 Å². The molecule has 7 nitrogen and oxygen atoms in total. The van der Waals surface area contributed by atoms with Gasteiger partial charge in [-0.2, -0.15) is 0 Å². The smallest absolute Gasteiger partial charge is 0.225 e. The van der Waals surface area contributed by atoms with Crippen molar-refractivity contribution < 1.29 is 9.59 Å². The fourth-order valence-corrected chi connectivity index (χ4v) is 3.64. The average Bonchev–Trinajstić information content (AvgIpc) is 3.17. The lowest BCUT2D eigenvalue weighted by Crippen LogP contribution is -2.44. The minimum atomic E-state index is -0.190. The number of hydrogen-bond donors (Lipinski definition) is 1. The van der Waals surface area contributed by atoms with E-state index in [4.69, 9.17) is 0 Å². The van der Waals surface area contributed by atoms with Crippen molar-refractivity contribution in [2.24, 2.45) is 11.8 Å². The maximum atomic E-state index is 12.5. The molecule has 4 rings (SSSR count). The number of carbonyl (C=O) groups excluding carboxylic acids is 2. The van der Waals surface area contributed by atoms with Crippen molar-refractivity contribution in [1.82, 2.24) is 25.0 Å². The van der Waals surface area contributed by atoms with Crippen molar-refractivity contribution in [3.8, 4) is 0 Å². The first-order valence-electron chi connectivity index (χ1n) is 8.57. The third kappa shape index (κ3) is 2.96. The van der Waals surface area contributed by atoms with Crippen LogP contribution in [-0.4, -0.2) is 50.6 Å². The standard InChI is InChI=1S/C16H23N5O2/c1-10-18-19-14-5-4-13(9-21(10)14)17-16(23)12-6-15(22)20(8-12)7-11-2-3-11/h11-13H,2-9H2,1H3,(H,17,23)/t12-,13-/m1/s1. The molecular formula is C16H23N5O2. The Morgan fingerprint density at radius 2 is 2.09 bits per heavy atom. The fraction of sp³-hybridized carbons (Fsp3) is 0.750. The van der Waals surface area contributed by atoms with Crippen LogP contribution >= 0.6 is 0 Å². The summed E-state index contributed by atoms with van der Waals surface area (Å²) in [6.07, 6.45) is 4.54. The Morgan fingerprint density at radius 3 is 2.87 bits per heavy atom. The van der Waals surface area contributed by atoms with E-state index in [-0.39, 0.29) is 23.8 Å².